The second kappa shape index (κ2) is 7.58. The van der Waals surface area contributed by atoms with Crippen LogP contribution < -0.4 is 0 Å². The first-order valence-electron chi connectivity index (χ1n) is 8.70. The van der Waals surface area contributed by atoms with E-state index in [2.05, 4.69) is 49.4 Å². The van der Waals surface area contributed by atoms with Crippen molar-refractivity contribution in [1.82, 2.24) is 0 Å². The summed E-state index contributed by atoms with van der Waals surface area (Å²) < 4.78 is 0. The average molecular weight is 336 g/mol. The van der Waals surface area contributed by atoms with Gasteiger partial charge >= 0.3 is 0 Å². The number of benzene rings is 3. The number of hydrogen-bond donors (Lipinski definition) is 3. The minimum Gasteiger partial charge on any atom is -0.508 e. The van der Waals surface area contributed by atoms with Crippen LogP contribution in [0, 0.1) is 5.92 Å². The SMILES string of the molecule is C[C@H](CC[C@H](O)c1cc(O)cc(O)c1)Cc1cccc2ccccc12. The quantitative estimate of drug-likeness (QED) is 0.597. The predicted octanol–water partition coefficient (Wildman–Crippen LogP) is 4.94. The fraction of sp³-hybridized carbons (Fsp3) is 0.273. The van der Waals surface area contributed by atoms with Gasteiger partial charge in [-0.3, -0.25) is 0 Å². The largest absolute Gasteiger partial charge is 0.508 e. The molecule has 3 aromatic carbocycles. The molecule has 3 heteroatoms. The molecule has 130 valence electrons. The number of phenolic OH excluding ortho intramolecular Hbond substituents is 2. The van der Waals surface area contributed by atoms with Gasteiger partial charge in [-0.15, -0.1) is 0 Å². The first kappa shape index (κ1) is 17.3. The number of aliphatic hydroxyl groups excluding tert-OH is 1. The van der Waals surface area contributed by atoms with Crippen molar-refractivity contribution in [3.63, 3.8) is 0 Å². The molecule has 0 aliphatic rings. The van der Waals surface area contributed by atoms with Crippen molar-refractivity contribution >= 4 is 10.8 Å². The van der Waals surface area contributed by atoms with Crippen molar-refractivity contribution in [2.24, 2.45) is 5.92 Å². The second-order valence-electron chi connectivity index (χ2n) is 6.82. The van der Waals surface area contributed by atoms with Crippen LogP contribution >= 0.6 is 0 Å². The highest BCUT2D eigenvalue weighted by Gasteiger charge is 2.13. The van der Waals surface area contributed by atoms with Crippen molar-refractivity contribution in [3.05, 3.63) is 71.8 Å². The lowest BCUT2D eigenvalue weighted by molar-refractivity contribution is 0.157. The van der Waals surface area contributed by atoms with Crippen LogP contribution in [0.2, 0.25) is 0 Å². The Balaban J connectivity index is 1.63. The summed E-state index contributed by atoms with van der Waals surface area (Å²) in [5.74, 6) is 0.363. The van der Waals surface area contributed by atoms with Crippen molar-refractivity contribution < 1.29 is 15.3 Å². The fourth-order valence-corrected chi connectivity index (χ4v) is 3.37. The summed E-state index contributed by atoms with van der Waals surface area (Å²) in [7, 11) is 0. The Kier molecular flexibility index (Phi) is 5.25. The van der Waals surface area contributed by atoms with Gasteiger partial charge in [-0.05, 0) is 59.2 Å². The van der Waals surface area contributed by atoms with Gasteiger partial charge in [0.2, 0.25) is 0 Å². The van der Waals surface area contributed by atoms with Gasteiger partial charge in [-0.25, -0.2) is 0 Å². The number of fused-ring (bicyclic) bond motifs is 1. The third-order valence-electron chi connectivity index (χ3n) is 4.69. The van der Waals surface area contributed by atoms with E-state index < -0.39 is 6.10 Å². The molecule has 3 nitrogen and oxygen atoms in total. The molecule has 0 aliphatic heterocycles. The molecular formula is C22H24O3. The molecule has 2 atom stereocenters. The van der Waals surface area contributed by atoms with Crippen molar-refractivity contribution in [2.75, 3.05) is 0 Å². The molecule has 0 unspecified atom stereocenters. The molecule has 0 spiro atoms. The van der Waals surface area contributed by atoms with Crippen LogP contribution in [0.4, 0.5) is 0 Å². The lowest BCUT2D eigenvalue weighted by Crippen LogP contribution is -2.05. The Bertz CT molecular complexity index is 831. The smallest absolute Gasteiger partial charge is 0.119 e. The van der Waals surface area contributed by atoms with Crippen molar-refractivity contribution in [1.29, 1.82) is 0 Å². The van der Waals surface area contributed by atoms with E-state index in [-0.39, 0.29) is 11.5 Å². The van der Waals surface area contributed by atoms with Gasteiger partial charge in [0.1, 0.15) is 11.5 Å². The van der Waals surface area contributed by atoms with E-state index in [4.69, 9.17) is 0 Å². The lowest BCUT2D eigenvalue weighted by Gasteiger charge is -2.17. The van der Waals surface area contributed by atoms with Crippen LogP contribution in [0.3, 0.4) is 0 Å². The highest BCUT2D eigenvalue weighted by Crippen LogP contribution is 2.29. The van der Waals surface area contributed by atoms with Crippen LogP contribution in [0.1, 0.15) is 37.0 Å². The maximum absolute atomic E-state index is 10.3. The lowest BCUT2D eigenvalue weighted by atomic mass is 9.91. The van der Waals surface area contributed by atoms with E-state index in [1.54, 1.807) is 0 Å². The molecule has 0 radical (unpaired) electrons. The molecule has 0 heterocycles. The summed E-state index contributed by atoms with van der Waals surface area (Å²) in [6.07, 6.45) is 1.72. The minimum absolute atomic E-state index is 0.0298. The summed E-state index contributed by atoms with van der Waals surface area (Å²) in [6, 6.07) is 19.0. The van der Waals surface area contributed by atoms with E-state index in [1.165, 1.54) is 34.5 Å². The van der Waals surface area contributed by atoms with E-state index in [0.29, 0.717) is 17.9 Å². The average Bonchev–Trinajstić information content (AvgIpc) is 2.59. The van der Waals surface area contributed by atoms with Crippen LogP contribution in [0.15, 0.2) is 60.7 Å². The molecule has 0 amide bonds. The topological polar surface area (TPSA) is 60.7 Å². The molecule has 3 N–H and O–H groups in total. The standard InChI is InChI=1S/C22H24O3/c1-15(9-10-22(25)18-12-19(23)14-20(24)13-18)11-17-7-4-6-16-5-2-3-8-21(16)17/h2-8,12-15,22-25H,9-11H2,1H3/t15-,22+/m1/s1. The highest BCUT2D eigenvalue weighted by molar-refractivity contribution is 5.85. The number of hydrogen-bond acceptors (Lipinski definition) is 3. The normalized spacial score (nSPS) is 13.7. The third-order valence-corrected chi connectivity index (χ3v) is 4.69. The van der Waals surface area contributed by atoms with Gasteiger partial charge in [-0.1, -0.05) is 49.4 Å². The highest BCUT2D eigenvalue weighted by atomic mass is 16.3. The van der Waals surface area contributed by atoms with Gasteiger partial charge < -0.3 is 15.3 Å². The van der Waals surface area contributed by atoms with E-state index in [9.17, 15) is 15.3 Å². The van der Waals surface area contributed by atoms with Crippen LogP contribution in [0.25, 0.3) is 10.8 Å². The Labute approximate surface area is 148 Å². The van der Waals surface area contributed by atoms with Crippen molar-refractivity contribution in [3.8, 4) is 11.5 Å². The maximum Gasteiger partial charge on any atom is 0.119 e. The summed E-state index contributed by atoms with van der Waals surface area (Å²) in [4.78, 5) is 0. The summed E-state index contributed by atoms with van der Waals surface area (Å²) in [5, 5.41) is 32.0. The molecule has 25 heavy (non-hydrogen) atoms. The maximum atomic E-state index is 10.3. The molecule has 3 aromatic rings. The summed E-state index contributed by atoms with van der Waals surface area (Å²) >= 11 is 0. The zero-order valence-corrected chi connectivity index (χ0v) is 14.4. The molecule has 0 saturated heterocycles. The number of rotatable bonds is 6. The van der Waals surface area contributed by atoms with E-state index in [1.807, 2.05) is 0 Å². The Hall–Kier alpha value is -2.52. The van der Waals surface area contributed by atoms with Gasteiger partial charge in [0.25, 0.3) is 0 Å². The molecule has 0 saturated carbocycles. The van der Waals surface area contributed by atoms with Crippen LogP contribution in [-0.4, -0.2) is 15.3 Å². The van der Waals surface area contributed by atoms with E-state index >= 15 is 0 Å². The number of aliphatic hydroxyl groups is 1. The fourth-order valence-electron chi connectivity index (χ4n) is 3.37. The van der Waals surface area contributed by atoms with E-state index in [0.717, 1.165) is 12.8 Å². The Morgan fingerprint density at radius 2 is 1.52 bits per heavy atom. The molecule has 0 aromatic heterocycles. The molecule has 3 rings (SSSR count). The van der Waals surface area contributed by atoms with Gasteiger partial charge in [0.15, 0.2) is 0 Å². The Morgan fingerprint density at radius 3 is 2.28 bits per heavy atom. The number of aromatic hydroxyl groups is 2. The zero-order valence-electron chi connectivity index (χ0n) is 14.4. The van der Waals surface area contributed by atoms with Crippen LogP contribution in [0.5, 0.6) is 11.5 Å². The zero-order chi connectivity index (χ0) is 17.8. The molecule has 0 aliphatic carbocycles. The second-order valence-corrected chi connectivity index (χ2v) is 6.82. The first-order valence-corrected chi connectivity index (χ1v) is 8.70. The first-order chi connectivity index (χ1) is 12.0. The third kappa shape index (κ3) is 4.31. The monoisotopic (exact) mass is 336 g/mol. The van der Waals surface area contributed by atoms with Crippen molar-refractivity contribution in [2.45, 2.75) is 32.3 Å². The van der Waals surface area contributed by atoms with Gasteiger partial charge in [-0.2, -0.15) is 0 Å². The minimum atomic E-state index is -0.687. The molecule has 0 bridgehead atoms. The van der Waals surface area contributed by atoms with Gasteiger partial charge in [0.05, 0.1) is 6.10 Å². The van der Waals surface area contributed by atoms with Gasteiger partial charge in [0, 0.05) is 6.07 Å². The summed E-state index contributed by atoms with van der Waals surface area (Å²) in [6.45, 7) is 2.19. The molecular weight excluding hydrogens is 312 g/mol. The molecule has 0 fully saturated rings. The van der Waals surface area contributed by atoms with Crippen LogP contribution in [-0.2, 0) is 6.42 Å². The summed E-state index contributed by atoms with van der Waals surface area (Å²) in [5.41, 5.74) is 1.88. The number of phenols is 2. The Morgan fingerprint density at radius 1 is 0.840 bits per heavy atom. The predicted molar refractivity (Wildman–Crippen MR) is 101 cm³/mol.